The zero-order valence-electron chi connectivity index (χ0n) is 11.5. The summed E-state index contributed by atoms with van der Waals surface area (Å²) in [5.74, 6) is 0.686. The summed E-state index contributed by atoms with van der Waals surface area (Å²) in [6, 6.07) is 8.09. The van der Waals surface area contributed by atoms with Crippen LogP contribution in [0.2, 0.25) is 0 Å². The number of fused-ring (bicyclic) bond motifs is 1. The molecule has 5 heteroatoms. The molecule has 3 aromatic rings. The fourth-order valence-electron chi connectivity index (χ4n) is 2.61. The molecule has 4 rings (SSSR count). The monoisotopic (exact) mass is 297 g/mol. The van der Waals surface area contributed by atoms with Crippen molar-refractivity contribution in [1.29, 1.82) is 0 Å². The number of hydrogen-bond donors (Lipinski definition) is 1. The number of aromatic nitrogens is 2. The number of thiazole rings is 1. The first-order valence-corrected chi connectivity index (χ1v) is 7.98. The fourth-order valence-corrected chi connectivity index (χ4v) is 3.13. The maximum absolute atomic E-state index is 12.5. The minimum absolute atomic E-state index is 0.0873. The Morgan fingerprint density at radius 1 is 1.38 bits per heavy atom. The standard InChI is InChI=1S/C16H15N3OS/c20-15(18-16-17-7-8-21-16)13-10-19(9-11-5-6-11)14-4-2-1-3-12(13)14/h1-4,7-8,10-11H,5-6,9H2,(H,17,18,20). The van der Waals surface area contributed by atoms with Crippen LogP contribution in [-0.4, -0.2) is 15.5 Å². The van der Waals surface area contributed by atoms with Crippen molar-refractivity contribution in [2.45, 2.75) is 19.4 Å². The van der Waals surface area contributed by atoms with Gasteiger partial charge < -0.3 is 4.57 Å². The van der Waals surface area contributed by atoms with E-state index in [4.69, 9.17) is 0 Å². The van der Waals surface area contributed by atoms with Gasteiger partial charge in [-0.2, -0.15) is 0 Å². The second kappa shape index (κ2) is 5.00. The van der Waals surface area contributed by atoms with E-state index in [1.165, 1.54) is 24.2 Å². The first kappa shape index (κ1) is 12.6. The molecule has 1 aromatic carbocycles. The van der Waals surface area contributed by atoms with Crippen LogP contribution in [0.3, 0.4) is 0 Å². The van der Waals surface area contributed by atoms with E-state index in [0.717, 1.165) is 28.9 Å². The molecular weight excluding hydrogens is 282 g/mol. The van der Waals surface area contributed by atoms with E-state index in [9.17, 15) is 4.79 Å². The first-order valence-electron chi connectivity index (χ1n) is 7.10. The van der Waals surface area contributed by atoms with Crippen molar-refractivity contribution in [1.82, 2.24) is 9.55 Å². The van der Waals surface area contributed by atoms with Crippen molar-refractivity contribution >= 4 is 33.3 Å². The highest BCUT2D eigenvalue weighted by Crippen LogP contribution is 2.33. The molecule has 106 valence electrons. The predicted molar refractivity (Wildman–Crippen MR) is 84.7 cm³/mol. The van der Waals surface area contributed by atoms with Crippen LogP contribution in [-0.2, 0) is 6.54 Å². The molecule has 0 saturated heterocycles. The Bertz CT molecular complexity index is 787. The lowest BCUT2D eigenvalue weighted by Gasteiger charge is -2.02. The fraction of sp³-hybridized carbons (Fsp3) is 0.250. The van der Waals surface area contributed by atoms with Crippen LogP contribution >= 0.6 is 11.3 Å². The van der Waals surface area contributed by atoms with Crippen LogP contribution in [0.4, 0.5) is 5.13 Å². The average Bonchev–Trinajstić information content (AvgIpc) is 3.02. The number of anilines is 1. The zero-order chi connectivity index (χ0) is 14.2. The van der Waals surface area contributed by atoms with E-state index in [1.54, 1.807) is 6.20 Å². The maximum Gasteiger partial charge on any atom is 0.259 e. The normalized spacial score (nSPS) is 14.5. The molecule has 1 amide bonds. The molecule has 1 saturated carbocycles. The van der Waals surface area contributed by atoms with Gasteiger partial charge >= 0.3 is 0 Å². The molecule has 1 fully saturated rings. The van der Waals surface area contributed by atoms with Crippen LogP contribution in [0.25, 0.3) is 10.9 Å². The highest BCUT2D eigenvalue weighted by atomic mass is 32.1. The Morgan fingerprint density at radius 3 is 3.00 bits per heavy atom. The third-order valence-electron chi connectivity index (χ3n) is 3.84. The van der Waals surface area contributed by atoms with E-state index in [1.807, 2.05) is 29.8 Å². The molecule has 4 nitrogen and oxygen atoms in total. The average molecular weight is 297 g/mol. The summed E-state index contributed by atoms with van der Waals surface area (Å²) in [5.41, 5.74) is 1.86. The number of nitrogens with one attached hydrogen (secondary N) is 1. The van der Waals surface area contributed by atoms with Crippen molar-refractivity contribution in [3.8, 4) is 0 Å². The van der Waals surface area contributed by atoms with E-state index in [2.05, 4.69) is 20.9 Å². The minimum Gasteiger partial charge on any atom is -0.346 e. The van der Waals surface area contributed by atoms with E-state index in [-0.39, 0.29) is 5.91 Å². The van der Waals surface area contributed by atoms with E-state index in [0.29, 0.717) is 5.13 Å². The topological polar surface area (TPSA) is 46.9 Å². The SMILES string of the molecule is O=C(Nc1nccs1)c1cn(CC2CC2)c2ccccc12. The van der Waals surface area contributed by atoms with Gasteiger partial charge in [-0.05, 0) is 24.8 Å². The van der Waals surface area contributed by atoms with Crippen LogP contribution in [0, 0.1) is 5.92 Å². The highest BCUT2D eigenvalue weighted by molar-refractivity contribution is 7.13. The third-order valence-corrected chi connectivity index (χ3v) is 4.53. The molecule has 2 heterocycles. The van der Waals surface area contributed by atoms with Gasteiger partial charge in [0.1, 0.15) is 0 Å². The highest BCUT2D eigenvalue weighted by Gasteiger charge is 2.24. The van der Waals surface area contributed by atoms with Crippen molar-refractivity contribution in [3.05, 3.63) is 47.6 Å². The number of nitrogens with zero attached hydrogens (tertiary/aromatic N) is 2. The summed E-state index contributed by atoms with van der Waals surface area (Å²) in [7, 11) is 0. The van der Waals surface area contributed by atoms with E-state index < -0.39 is 0 Å². The lowest BCUT2D eigenvalue weighted by Crippen LogP contribution is -2.11. The zero-order valence-corrected chi connectivity index (χ0v) is 12.3. The van der Waals surface area contributed by atoms with Gasteiger partial charge in [-0.15, -0.1) is 11.3 Å². The van der Waals surface area contributed by atoms with Gasteiger partial charge in [0.15, 0.2) is 5.13 Å². The molecule has 0 atom stereocenters. The summed E-state index contributed by atoms with van der Waals surface area (Å²) in [6.07, 6.45) is 6.27. The summed E-state index contributed by atoms with van der Waals surface area (Å²) in [4.78, 5) is 16.6. The van der Waals surface area contributed by atoms with Crippen molar-refractivity contribution in [2.24, 2.45) is 5.92 Å². The molecular formula is C16H15N3OS. The van der Waals surface area contributed by atoms with E-state index >= 15 is 0 Å². The van der Waals surface area contributed by atoms with Crippen molar-refractivity contribution in [2.75, 3.05) is 5.32 Å². The number of para-hydroxylation sites is 1. The number of amides is 1. The quantitative estimate of drug-likeness (QED) is 0.797. The van der Waals surface area contributed by atoms with Gasteiger partial charge in [-0.3, -0.25) is 10.1 Å². The van der Waals surface area contributed by atoms with Crippen molar-refractivity contribution < 1.29 is 4.79 Å². The van der Waals surface area contributed by atoms with Crippen LogP contribution in [0.5, 0.6) is 0 Å². The number of rotatable bonds is 4. The minimum atomic E-state index is -0.0873. The van der Waals surface area contributed by atoms with Crippen molar-refractivity contribution in [3.63, 3.8) is 0 Å². The van der Waals surface area contributed by atoms with Crippen LogP contribution < -0.4 is 5.32 Å². The first-order chi connectivity index (χ1) is 10.3. The maximum atomic E-state index is 12.5. The van der Waals surface area contributed by atoms with Crippen LogP contribution in [0.15, 0.2) is 42.0 Å². The third kappa shape index (κ3) is 2.45. The summed E-state index contributed by atoms with van der Waals surface area (Å²) in [5, 5.41) is 6.37. The Labute approximate surface area is 126 Å². The lowest BCUT2D eigenvalue weighted by molar-refractivity contribution is 0.102. The number of carbonyl (C=O) groups is 1. The Hall–Kier alpha value is -2.14. The summed E-state index contributed by atoms with van der Waals surface area (Å²) < 4.78 is 2.21. The Morgan fingerprint density at radius 2 is 2.24 bits per heavy atom. The lowest BCUT2D eigenvalue weighted by atomic mass is 10.1. The van der Waals surface area contributed by atoms with Crippen LogP contribution in [0.1, 0.15) is 23.2 Å². The second-order valence-corrected chi connectivity index (χ2v) is 6.34. The molecule has 0 bridgehead atoms. The van der Waals surface area contributed by atoms with Gasteiger partial charge in [0.05, 0.1) is 5.56 Å². The van der Waals surface area contributed by atoms with Gasteiger partial charge in [0.2, 0.25) is 0 Å². The van der Waals surface area contributed by atoms with Gasteiger partial charge in [0.25, 0.3) is 5.91 Å². The number of carbonyl (C=O) groups excluding carboxylic acids is 1. The summed E-state index contributed by atoms with van der Waals surface area (Å²) >= 11 is 1.43. The molecule has 1 aliphatic carbocycles. The molecule has 0 spiro atoms. The molecule has 0 radical (unpaired) electrons. The van der Waals surface area contributed by atoms with Gasteiger partial charge in [0, 0.05) is 35.2 Å². The molecule has 1 N–H and O–H groups in total. The summed E-state index contributed by atoms with van der Waals surface area (Å²) in [6.45, 7) is 1.01. The number of hydrogen-bond acceptors (Lipinski definition) is 3. The van der Waals surface area contributed by atoms with Gasteiger partial charge in [-0.1, -0.05) is 18.2 Å². The smallest absolute Gasteiger partial charge is 0.259 e. The Kier molecular flexibility index (Phi) is 3.00. The molecule has 2 aromatic heterocycles. The molecule has 0 aliphatic heterocycles. The molecule has 0 unspecified atom stereocenters. The molecule has 21 heavy (non-hydrogen) atoms. The Balaban J connectivity index is 1.71. The number of benzene rings is 1. The largest absolute Gasteiger partial charge is 0.346 e. The molecule has 1 aliphatic rings. The second-order valence-electron chi connectivity index (χ2n) is 5.45. The van der Waals surface area contributed by atoms with Gasteiger partial charge in [-0.25, -0.2) is 4.98 Å². The predicted octanol–water partition coefficient (Wildman–Crippen LogP) is 3.76.